The van der Waals surface area contributed by atoms with Crippen molar-refractivity contribution in [3.05, 3.63) is 0 Å². The summed E-state index contributed by atoms with van der Waals surface area (Å²) in [6.45, 7) is 6.22. The van der Waals surface area contributed by atoms with Crippen molar-refractivity contribution in [3.8, 4) is 0 Å². The molecule has 0 aromatic rings. The Bertz CT molecular complexity index is 1130. The van der Waals surface area contributed by atoms with Gasteiger partial charge in [0.25, 0.3) is 0 Å². The molecule has 0 spiro atoms. The summed E-state index contributed by atoms with van der Waals surface area (Å²) < 4.78 is 23.3. The predicted molar refractivity (Wildman–Crippen MR) is 286 cm³/mol. The van der Waals surface area contributed by atoms with E-state index in [1.54, 1.807) is 0 Å². The summed E-state index contributed by atoms with van der Waals surface area (Å²) in [4.78, 5) is 39.9. The number of unbranched alkanes of at least 4 members (excludes halogenated alkanes) is 42. The quantitative estimate of drug-likeness (QED) is 0.0348. The van der Waals surface area contributed by atoms with Crippen molar-refractivity contribution >= 4 is 17.9 Å². The van der Waals surface area contributed by atoms with Gasteiger partial charge < -0.3 is 29.2 Å². The molecule has 0 radical (unpaired) electrons. The van der Waals surface area contributed by atoms with Crippen LogP contribution in [0.5, 0.6) is 0 Å². The van der Waals surface area contributed by atoms with E-state index >= 15 is 0 Å². The van der Waals surface area contributed by atoms with Gasteiger partial charge in [0.05, 0.1) is 6.61 Å². The van der Waals surface area contributed by atoms with Gasteiger partial charge in [-0.2, -0.15) is 0 Å². The Morgan fingerprint density at radius 2 is 0.522 bits per heavy atom. The average molecular weight is 980 g/mol. The molecule has 69 heavy (non-hydrogen) atoms. The van der Waals surface area contributed by atoms with Crippen LogP contribution in [-0.2, 0) is 33.3 Å². The molecular formula is C60H114O9. The molecule has 1 aliphatic rings. The zero-order valence-electron chi connectivity index (χ0n) is 45.8. The van der Waals surface area contributed by atoms with Gasteiger partial charge in [0.2, 0.25) is 0 Å². The number of esters is 3. The third kappa shape index (κ3) is 39.5. The van der Waals surface area contributed by atoms with E-state index in [9.17, 15) is 24.6 Å². The van der Waals surface area contributed by atoms with Crippen LogP contribution in [-0.4, -0.2) is 65.4 Å². The summed E-state index contributed by atoms with van der Waals surface area (Å²) in [6.07, 6.45) is 48.9. The maximum atomic E-state index is 13.4. The highest BCUT2D eigenvalue weighted by molar-refractivity contribution is 5.71. The van der Waals surface area contributed by atoms with Crippen LogP contribution in [0.2, 0.25) is 0 Å². The van der Waals surface area contributed by atoms with Crippen LogP contribution in [0.1, 0.15) is 329 Å². The highest BCUT2D eigenvalue weighted by Crippen LogP contribution is 2.29. The van der Waals surface area contributed by atoms with Crippen molar-refractivity contribution in [1.29, 1.82) is 0 Å². The largest absolute Gasteiger partial charge is 0.455 e. The number of carbonyl (C=O) groups excluding carboxylic acids is 3. The van der Waals surface area contributed by atoms with Crippen molar-refractivity contribution in [2.75, 3.05) is 6.61 Å². The molecule has 0 amide bonds. The summed E-state index contributed by atoms with van der Waals surface area (Å²) in [7, 11) is 0. The van der Waals surface area contributed by atoms with Crippen LogP contribution in [0.25, 0.3) is 0 Å². The van der Waals surface area contributed by atoms with Crippen molar-refractivity contribution < 1.29 is 43.5 Å². The lowest BCUT2D eigenvalue weighted by molar-refractivity contribution is -0.296. The van der Waals surface area contributed by atoms with Crippen molar-refractivity contribution in [2.24, 2.45) is 0 Å². The minimum atomic E-state index is -1.65. The third-order valence-electron chi connectivity index (χ3n) is 14.5. The molecule has 9 heteroatoms. The standard InChI is InChI=1S/C60H114O9/c1-4-7-10-13-16-19-22-25-28-31-34-37-40-43-46-49-54(62)67-57-53(52-61)66-60(65)59(69-56(64)51-48-45-42-39-36-33-30-27-24-21-18-15-12-9-6-3)58(57)68-55(63)50-47-44-41-38-35-32-29-26-23-20-17-14-11-8-5-2/h53,57-61,65H,4-52H2,1-3H3/t53-,57-,58+,59-,60+/m1/s1. The van der Waals surface area contributed by atoms with E-state index in [1.165, 1.54) is 212 Å². The van der Waals surface area contributed by atoms with E-state index in [-0.39, 0.29) is 19.3 Å². The van der Waals surface area contributed by atoms with Crippen LogP contribution in [0.15, 0.2) is 0 Å². The first-order valence-corrected chi connectivity index (χ1v) is 30.4. The van der Waals surface area contributed by atoms with Crippen LogP contribution in [0.3, 0.4) is 0 Å². The van der Waals surface area contributed by atoms with E-state index in [0.717, 1.165) is 57.8 Å². The molecule has 1 rings (SSSR count). The van der Waals surface area contributed by atoms with E-state index in [4.69, 9.17) is 18.9 Å². The number of rotatable bonds is 52. The lowest BCUT2D eigenvalue weighted by atomic mass is 9.98. The molecule has 1 fully saturated rings. The Hall–Kier alpha value is -1.71. The molecule has 0 unspecified atom stereocenters. The lowest BCUT2D eigenvalue weighted by Gasteiger charge is -2.42. The highest BCUT2D eigenvalue weighted by atomic mass is 16.7. The molecule has 9 nitrogen and oxygen atoms in total. The first-order chi connectivity index (χ1) is 33.9. The number of aliphatic hydroxyl groups excluding tert-OH is 2. The zero-order chi connectivity index (χ0) is 50.1. The zero-order valence-corrected chi connectivity index (χ0v) is 45.8. The molecule has 2 N–H and O–H groups in total. The van der Waals surface area contributed by atoms with E-state index < -0.39 is 55.2 Å². The van der Waals surface area contributed by atoms with Gasteiger partial charge in [0, 0.05) is 19.3 Å². The summed E-state index contributed by atoms with van der Waals surface area (Å²) in [6, 6.07) is 0. The Kier molecular flexibility index (Phi) is 47.2. The Labute approximate surface area is 426 Å². The fourth-order valence-electron chi connectivity index (χ4n) is 10.00. The number of hydrogen-bond donors (Lipinski definition) is 2. The average Bonchev–Trinajstić information content (AvgIpc) is 3.34. The molecule has 0 aliphatic carbocycles. The van der Waals surface area contributed by atoms with E-state index in [2.05, 4.69) is 20.8 Å². The maximum Gasteiger partial charge on any atom is 0.306 e. The topological polar surface area (TPSA) is 129 Å². The van der Waals surface area contributed by atoms with Gasteiger partial charge in [-0.25, -0.2) is 0 Å². The van der Waals surface area contributed by atoms with Crippen LogP contribution in [0, 0.1) is 0 Å². The maximum absolute atomic E-state index is 13.4. The molecule has 0 aromatic heterocycles. The second-order valence-corrected chi connectivity index (χ2v) is 21.2. The Morgan fingerprint density at radius 3 is 0.754 bits per heavy atom. The van der Waals surface area contributed by atoms with Gasteiger partial charge in [-0.1, -0.05) is 290 Å². The first kappa shape index (κ1) is 65.3. The number of ether oxygens (including phenoxy) is 4. The Morgan fingerprint density at radius 1 is 0.319 bits per heavy atom. The van der Waals surface area contributed by atoms with Crippen molar-refractivity contribution in [1.82, 2.24) is 0 Å². The minimum Gasteiger partial charge on any atom is -0.455 e. The molecule has 0 aromatic carbocycles. The van der Waals surface area contributed by atoms with E-state index in [0.29, 0.717) is 19.3 Å². The number of carbonyl (C=O) groups is 3. The van der Waals surface area contributed by atoms with E-state index in [1.807, 2.05) is 0 Å². The SMILES string of the molecule is CCCCCCCCCCCCCCCCCC(=O)O[C@@H]1[C@@H](OC(=O)CCCCCCCCCCCCCCCCC)[C@@H](O)O[C@H](CO)[C@H]1OC(=O)CCCCCCCCCCCCCCCCC. The third-order valence-corrected chi connectivity index (χ3v) is 14.5. The molecule has 1 aliphatic heterocycles. The normalized spacial score (nSPS) is 18.1. The molecule has 0 bridgehead atoms. The van der Waals surface area contributed by atoms with Gasteiger partial charge in [-0.05, 0) is 19.3 Å². The van der Waals surface area contributed by atoms with Gasteiger partial charge in [-0.3, -0.25) is 14.4 Å². The van der Waals surface area contributed by atoms with Crippen LogP contribution >= 0.6 is 0 Å². The number of aliphatic hydroxyl groups is 2. The van der Waals surface area contributed by atoms with Crippen molar-refractivity contribution in [2.45, 2.75) is 360 Å². The first-order valence-electron chi connectivity index (χ1n) is 30.4. The second kappa shape index (κ2) is 49.9. The highest BCUT2D eigenvalue weighted by Gasteiger charge is 2.51. The fraction of sp³-hybridized carbons (Fsp3) is 0.950. The van der Waals surface area contributed by atoms with Gasteiger partial charge in [-0.15, -0.1) is 0 Å². The predicted octanol–water partition coefficient (Wildman–Crippen LogP) is 17.2. The molecule has 0 saturated carbocycles. The monoisotopic (exact) mass is 979 g/mol. The number of hydrogen-bond acceptors (Lipinski definition) is 9. The lowest BCUT2D eigenvalue weighted by Crippen LogP contribution is -2.62. The minimum absolute atomic E-state index is 0.161. The molecular weight excluding hydrogens is 865 g/mol. The van der Waals surface area contributed by atoms with Crippen LogP contribution < -0.4 is 0 Å². The summed E-state index contributed by atoms with van der Waals surface area (Å²) in [5.74, 6) is -1.52. The summed E-state index contributed by atoms with van der Waals surface area (Å²) in [5, 5.41) is 21.4. The molecule has 1 heterocycles. The van der Waals surface area contributed by atoms with Gasteiger partial charge in [0.1, 0.15) is 6.10 Å². The second-order valence-electron chi connectivity index (χ2n) is 21.2. The smallest absolute Gasteiger partial charge is 0.306 e. The molecule has 1 saturated heterocycles. The molecule has 5 atom stereocenters. The summed E-state index contributed by atoms with van der Waals surface area (Å²) in [5.41, 5.74) is 0. The molecule has 408 valence electrons. The Balaban J connectivity index is 2.58. The van der Waals surface area contributed by atoms with Gasteiger partial charge >= 0.3 is 17.9 Å². The van der Waals surface area contributed by atoms with Gasteiger partial charge in [0.15, 0.2) is 24.6 Å². The van der Waals surface area contributed by atoms with Crippen molar-refractivity contribution in [3.63, 3.8) is 0 Å². The summed E-state index contributed by atoms with van der Waals surface area (Å²) >= 11 is 0. The van der Waals surface area contributed by atoms with Crippen LogP contribution in [0.4, 0.5) is 0 Å². The fourth-order valence-corrected chi connectivity index (χ4v) is 10.00.